The molecule has 0 bridgehead atoms. The molecule has 0 spiro atoms. The summed E-state index contributed by atoms with van der Waals surface area (Å²) in [6.45, 7) is 2.06. The van der Waals surface area contributed by atoms with Gasteiger partial charge in [0.1, 0.15) is 5.75 Å². The number of ether oxygens (including phenoxy) is 1. The molecule has 124 valence electrons. The molecule has 0 saturated carbocycles. The number of fused-ring (bicyclic) bond motifs is 1. The molecule has 0 unspecified atom stereocenters. The minimum atomic E-state index is 0.711. The number of aryl methyl sites for hydroxylation is 1. The van der Waals surface area contributed by atoms with Gasteiger partial charge in [-0.25, -0.2) is 0 Å². The maximum Gasteiger partial charge on any atom is 0.146 e. The lowest BCUT2D eigenvalue weighted by molar-refractivity contribution is 0.416. The fraction of sp³-hybridized carbons (Fsp3) is 0.105. The van der Waals surface area contributed by atoms with E-state index in [1.807, 2.05) is 12.1 Å². The first-order valence-corrected chi connectivity index (χ1v) is 7.90. The highest BCUT2D eigenvalue weighted by Crippen LogP contribution is 2.32. The first kappa shape index (κ1) is 15.1. The Bertz CT molecular complexity index is 1030. The zero-order chi connectivity index (χ0) is 17.2. The van der Waals surface area contributed by atoms with Gasteiger partial charge in [0.05, 0.1) is 36.4 Å². The number of rotatable bonds is 4. The molecular formula is C19H17N5O. The number of nitrogens with zero attached hydrogens (tertiary/aromatic N) is 3. The van der Waals surface area contributed by atoms with Crippen molar-refractivity contribution in [2.24, 2.45) is 0 Å². The van der Waals surface area contributed by atoms with Gasteiger partial charge in [0.2, 0.25) is 0 Å². The van der Waals surface area contributed by atoms with Crippen molar-refractivity contribution in [1.82, 2.24) is 20.2 Å². The van der Waals surface area contributed by atoms with Crippen LogP contribution in [0.3, 0.4) is 0 Å². The number of benzene rings is 1. The van der Waals surface area contributed by atoms with Gasteiger partial charge in [0.25, 0.3) is 0 Å². The van der Waals surface area contributed by atoms with Crippen molar-refractivity contribution in [2.75, 3.05) is 12.4 Å². The maximum absolute atomic E-state index is 5.54. The molecule has 4 aromatic rings. The first-order chi connectivity index (χ1) is 12.2. The second-order valence-electron chi connectivity index (χ2n) is 5.76. The minimum absolute atomic E-state index is 0.711. The van der Waals surface area contributed by atoms with E-state index < -0.39 is 0 Å². The molecule has 0 amide bonds. The standard InChI is InChI=1S/C19H17N5O/c1-12-3-4-14-15(5-6-20-17(14)7-12)24-18-11-21-16(8-19(18)25-2)13-9-22-23-10-13/h3-11H,1-2H3,(H,20,24)(H,22,23). The van der Waals surface area contributed by atoms with Crippen LogP contribution >= 0.6 is 0 Å². The average Bonchev–Trinajstić information content (AvgIpc) is 3.16. The summed E-state index contributed by atoms with van der Waals surface area (Å²) in [7, 11) is 1.65. The van der Waals surface area contributed by atoms with E-state index in [1.165, 1.54) is 5.56 Å². The largest absolute Gasteiger partial charge is 0.494 e. The number of hydrogen-bond acceptors (Lipinski definition) is 5. The predicted molar refractivity (Wildman–Crippen MR) is 98.1 cm³/mol. The van der Waals surface area contributed by atoms with Crippen LogP contribution in [0.2, 0.25) is 0 Å². The highest BCUT2D eigenvalue weighted by molar-refractivity contribution is 5.93. The molecule has 4 rings (SSSR count). The molecule has 0 aliphatic heterocycles. The Kier molecular flexibility index (Phi) is 3.78. The third kappa shape index (κ3) is 2.89. The zero-order valence-electron chi connectivity index (χ0n) is 13.9. The van der Waals surface area contributed by atoms with E-state index in [4.69, 9.17) is 4.74 Å². The van der Waals surface area contributed by atoms with E-state index in [1.54, 1.807) is 31.9 Å². The van der Waals surface area contributed by atoms with Crippen molar-refractivity contribution in [1.29, 1.82) is 0 Å². The van der Waals surface area contributed by atoms with E-state index in [9.17, 15) is 0 Å². The molecule has 6 heteroatoms. The summed E-state index contributed by atoms with van der Waals surface area (Å²) in [6, 6.07) is 10.0. The van der Waals surface area contributed by atoms with Gasteiger partial charge in [-0.1, -0.05) is 12.1 Å². The van der Waals surface area contributed by atoms with Gasteiger partial charge in [-0.05, 0) is 24.6 Å². The molecule has 1 aromatic carbocycles. The Labute approximate surface area is 144 Å². The third-order valence-electron chi connectivity index (χ3n) is 4.05. The van der Waals surface area contributed by atoms with E-state index in [2.05, 4.69) is 50.6 Å². The van der Waals surface area contributed by atoms with Gasteiger partial charge in [-0.2, -0.15) is 5.10 Å². The Morgan fingerprint density at radius 3 is 2.76 bits per heavy atom. The Morgan fingerprint density at radius 2 is 1.96 bits per heavy atom. The van der Waals surface area contributed by atoms with E-state index >= 15 is 0 Å². The van der Waals surface area contributed by atoms with E-state index in [-0.39, 0.29) is 0 Å². The van der Waals surface area contributed by atoms with E-state index in [0.29, 0.717) is 5.75 Å². The lowest BCUT2D eigenvalue weighted by atomic mass is 10.1. The van der Waals surface area contributed by atoms with Crippen LogP contribution < -0.4 is 10.1 Å². The molecule has 2 N–H and O–H groups in total. The predicted octanol–water partition coefficient (Wildman–Crippen LogP) is 4.08. The Morgan fingerprint density at radius 1 is 1.04 bits per heavy atom. The summed E-state index contributed by atoms with van der Waals surface area (Å²) in [4.78, 5) is 8.94. The number of H-pyrrole nitrogens is 1. The van der Waals surface area contributed by atoms with E-state index in [0.717, 1.165) is 33.5 Å². The summed E-state index contributed by atoms with van der Waals surface area (Å²) in [5, 5.41) is 11.2. The summed E-state index contributed by atoms with van der Waals surface area (Å²) in [5.41, 5.74) is 5.60. The molecule has 0 aliphatic carbocycles. The molecule has 0 saturated heterocycles. The zero-order valence-corrected chi connectivity index (χ0v) is 13.9. The number of hydrogen-bond donors (Lipinski definition) is 2. The highest BCUT2D eigenvalue weighted by Gasteiger charge is 2.10. The summed E-state index contributed by atoms with van der Waals surface area (Å²) in [5.74, 6) is 0.711. The smallest absolute Gasteiger partial charge is 0.146 e. The van der Waals surface area contributed by atoms with Crippen LogP contribution in [0, 0.1) is 6.92 Å². The molecule has 3 aromatic heterocycles. The topological polar surface area (TPSA) is 75.7 Å². The molecule has 0 fully saturated rings. The molecule has 0 atom stereocenters. The van der Waals surface area contributed by atoms with Crippen LogP contribution in [-0.2, 0) is 0 Å². The SMILES string of the molecule is COc1cc(-c2cn[nH]c2)ncc1Nc1ccnc2cc(C)ccc12. The van der Waals surface area contributed by atoms with Gasteiger partial charge < -0.3 is 10.1 Å². The molecule has 3 heterocycles. The molecule has 25 heavy (non-hydrogen) atoms. The van der Waals surface area contributed by atoms with Gasteiger partial charge in [-0.3, -0.25) is 15.1 Å². The average molecular weight is 331 g/mol. The maximum atomic E-state index is 5.54. The fourth-order valence-electron chi connectivity index (χ4n) is 2.76. The third-order valence-corrected chi connectivity index (χ3v) is 4.05. The summed E-state index contributed by atoms with van der Waals surface area (Å²) >= 11 is 0. The number of aromatic amines is 1. The van der Waals surface area contributed by atoms with Crippen LogP contribution in [0.4, 0.5) is 11.4 Å². The lowest BCUT2D eigenvalue weighted by Crippen LogP contribution is -1.98. The van der Waals surface area contributed by atoms with Crippen molar-refractivity contribution in [3.8, 4) is 17.0 Å². The fourth-order valence-corrected chi connectivity index (χ4v) is 2.76. The van der Waals surface area contributed by atoms with Crippen molar-refractivity contribution in [3.05, 3.63) is 60.7 Å². The molecule has 0 aliphatic rings. The number of anilines is 2. The highest BCUT2D eigenvalue weighted by atomic mass is 16.5. The minimum Gasteiger partial charge on any atom is -0.494 e. The monoisotopic (exact) mass is 331 g/mol. The number of aromatic nitrogens is 4. The van der Waals surface area contributed by atoms with Crippen LogP contribution in [0.25, 0.3) is 22.2 Å². The van der Waals surface area contributed by atoms with Crippen LogP contribution in [0.1, 0.15) is 5.56 Å². The number of nitrogens with one attached hydrogen (secondary N) is 2. The lowest BCUT2D eigenvalue weighted by Gasteiger charge is -2.13. The number of methoxy groups -OCH3 is 1. The van der Waals surface area contributed by atoms with Crippen LogP contribution in [-0.4, -0.2) is 27.3 Å². The van der Waals surface area contributed by atoms with Gasteiger partial charge >= 0.3 is 0 Å². The van der Waals surface area contributed by atoms with Crippen LogP contribution in [0.5, 0.6) is 5.75 Å². The number of pyridine rings is 2. The van der Waals surface area contributed by atoms with Gasteiger partial charge in [-0.15, -0.1) is 0 Å². The summed E-state index contributed by atoms with van der Waals surface area (Å²) in [6.07, 6.45) is 7.09. The summed E-state index contributed by atoms with van der Waals surface area (Å²) < 4.78 is 5.54. The first-order valence-electron chi connectivity index (χ1n) is 7.90. The van der Waals surface area contributed by atoms with Crippen molar-refractivity contribution in [3.63, 3.8) is 0 Å². The van der Waals surface area contributed by atoms with Crippen molar-refractivity contribution >= 4 is 22.3 Å². The van der Waals surface area contributed by atoms with Gasteiger partial charge in [0.15, 0.2) is 0 Å². The molecular weight excluding hydrogens is 314 g/mol. The van der Waals surface area contributed by atoms with Gasteiger partial charge in [0, 0.05) is 35.1 Å². The molecule has 6 nitrogen and oxygen atoms in total. The van der Waals surface area contributed by atoms with Crippen molar-refractivity contribution in [2.45, 2.75) is 6.92 Å². The quantitative estimate of drug-likeness (QED) is 0.589. The Balaban J connectivity index is 1.74. The van der Waals surface area contributed by atoms with Crippen molar-refractivity contribution < 1.29 is 4.74 Å². The normalized spacial score (nSPS) is 10.8. The Hall–Kier alpha value is -3.41. The molecule has 0 radical (unpaired) electrons. The second-order valence-corrected chi connectivity index (χ2v) is 5.76. The second kappa shape index (κ2) is 6.24. The van der Waals surface area contributed by atoms with Crippen LogP contribution in [0.15, 0.2) is 55.1 Å².